The van der Waals surface area contributed by atoms with Crippen LogP contribution in [0, 0.1) is 11.3 Å². The Balaban J connectivity index is 2.26. The van der Waals surface area contributed by atoms with E-state index in [1.165, 1.54) is 24.1 Å². The lowest BCUT2D eigenvalue weighted by Crippen LogP contribution is -2.38. The third kappa shape index (κ3) is 1.87. The van der Waals surface area contributed by atoms with Gasteiger partial charge >= 0.3 is 0 Å². The molecule has 0 spiro atoms. The minimum atomic E-state index is -1.26. The normalized spacial score (nSPS) is 21.5. The molecule has 0 bridgehead atoms. The van der Waals surface area contributed by atoms with Crippen LogP contribution in [-0.4, -0.2) is 15.6 Å². The van der Waals surface area contributed by atoms with Crippen LogP contribution in [-0.2, 0) is 4.43 Å². The van der Waals surface area contributed by atoms with Crippen molar-refractivity contribution in [3.63, 3.8) is 0 Å². The first-order valence-corrected chi connectivity index (χ1v) is 6.89. The molecule has 1 atom stereocenters. The van der Waals surface area contributed by atoms with Crippen LogP contribution in [0.3, 0.4) is 0 Å². The SMILES string of the molecule is N#Cc1ccccc1[SiH]1CCCCO1. The quantitative estimate of drug-likeness (QED) is 0.645. The van der Waals surface area contributed by atoms with Crippen LogP contribution >= 0.6 is 0 Å². The van der Waals surface area contributed by atoms with E-state index in [2.05, 4.69) is 12.1 Å². The zero-order valence-corrected chi connectivity index (χ0v) is 9.23. The van der Waals surface area contributed by atoms with Gasteiger partial charge in [-0.25, -0.2) is 0 Å². The molecular weight excluding hydrogens is 190 g/mol. The van der Waals surface area contributed by atoms with Crippen LogP contribution in [0.15, 0.2) is 24.3 Å². The molecule has 1 unspecified atom stereocenters. The Hall–Kier alpha value is -1.11. The second-order valence-corrected chi connectivity index (χ2v) is 6.06. The summed E-state index contributed by atoms with van der Waals surface area (Å²) in [4.78, 5) is 0. The molecule has 2 nitrogen and oxygen atoms in total. The highest BCUT2D eigenvalue weighted by Gasteiger charge is 2.20. The van der Waals surface area contributed by atoms with Gasteiger partial charge in [-0.2, -0.15) is 5.26 Å². The van der Waals surface area contributed by atoms with Gasteiger partial charge in [0, 0.05) is 6.61 Å². The second kappa shape index (κ2) is 4.40. The molecule has 3 heteroatoms. The van der Waals surface area contributed by atoms with E-state index in [1.54, 1.807) is 0 Å². The first kappa shape index (κ1) is 9.44. The molecule has 0 aromatic heterocycles. The molecule has 14 heavy (non-hydrogen) atoms. The monoisotopic (exact) mass is 203 g/mol. The molecule has 0 amide bonds. The first-order chi connectivity index (χ1) is 6.92. The summed E-state index contributed by atoms with van der Waals surface area (Å²) >= 11 is 0. The van der Waals surface area contributed by atoms with E-state index in [-0.39, 0.29) is 0 Å². The van der Waals surface area contributed by atoms with Crippen molar-refractivity contribution in [3.05, 3.63) is 29.8 Å². The Kier molecular flexibility index (Phi) is 2.97. The van der Waals surface area contributed by atoms with Gasteiger partial charge in [0.05, 0.1) is 11.6 Å². The van der Waals surface area contributed by atoms with Crippen molar-refractivity contribution >= 4 is 14.2 Å². The third-order valence-corrected chi connectivity index (χ3v) is 5.38. The molecule has 1 fully saturated rings. The number of nitrogens with zero attached hydrogens (tertiary/aromatic N) is 1. The molecule has 1 heterocycles. The topological polar surface area (TPSA) is 33.0 Å². The lowest BCUT2D eigenvalue weighted by molar-refractivity contribution is 0.294. The van der Waals surface area contributed by atoms with Crippen molar-refractivity contribution in [2.45, 2.75) is 18.9 Å². The highest BCUT2D eigenvalue weighted by atomic mass is 28.3. The van der Waals surface area contributed by atoms with Crippen molar-refractivity contribution in [1.29, 1.82) is 5.26 Å². The van der Waals surface area contributed by atoms with E-state index in [0.717, 1.165) is 12.2 Å². The predicted molar refractivity (Wildman–Crippen MR) is 57.9 cm³/mol. The molecule has 0 aliphatic carbocycles. The van der Waals surface area contributed by atoms with Gasteiger partial charge in [-0.3, -0.25) is 0 Å². The highest BCUT2D eigenvalue weighted by Crippen LogP contribution is 2.12. The Bertz CT molecular complexity index is 353. The summed E-state index contributed by atoms with van der Waals surface area (Å²) in [5.74, 6) is 0. The van der Waals surface area contributed by atoms with Gasteiger partial charge in [0.25, 0.3) is 0 Å². The highest BCUT2D eigenvalue weighted by molar-refractivity contribution is 6.68. The van der Waals surface area contributed by atoms with Gasteiger partial charge in [0.2, 0.25) is 9.04 Å². The van der Waals surface area contributed by atoms with Crippen molar-refractivity contribution in [2.24, 2.45) is 0 Å². The fraction of sp³-hybridized carbons (Fsp3) is 0.364. The molecule has 0 radical (unpaired) electrons. The van der Waals surface area contributed by atoms with Crippen LogP contribution in [0.25, 0.3) is 0 Å². The average Bonchev–Trinajstić information content (AvgIpc) is 2.30. The first-order valence-electron chi connectivity index (χ1n) is 5.02. The van der Waals surface area contributed by atoms with Gasteiger partial charge < -0.3 is 4.43 Å². The van der Waals surface area contributed by atoms with Gasteiger partial charge in [-0.15, -0.1) is 0 Å². The molecule has 0 saturated carbocycles. The summed E-state index contributed by atoms with van der Waals surface area (Å²) in [6, 6.07) is 11.3. The van der Waals surface area contributed by atoms with Gasteiger partial charge in [-0.05, 0) is 23.7 Å². The summed E-state index contributed by atoms with van der Waals surface area (Å²) in [6.45, 7) is 0.886. The fourth-order valence-electron chi connectivity index (χ4n) is 1.87. The van der Waals surface area contributed by atoms with Crippen molar-refractivity contribution in [1.82, 2.24) is 0 Å². The smallest absolute Gasteiger partial charge is 0.209 e. The number of benzene rings is 1. The summed E-state index contributed by atoms with van der Waals surface area (Å²) < 4.78 is 5.79. The molecule has 0 N–H and O–H groups in total. The van der Waals surface area contributed by atoms with Crippen molar-refractivity contribution in [3.8, 4) is 6.07 Å². The Labute approximate surface area is 85.9 Å². The van der Waals surface area contributed by atoms with E-state index in [1.807, 2.05) is 18.2 Å². The Morgan fingerprint density at radius 2 is 2.14 bits per heavy atom. The van der Waals surface area contributed by atoms with Gasteiger partial charge in [0.15, 0.2) is 0 Å². The average molecular weight is 203 g/mol. The van der Waals surface area contributed by atoms with Gasteiger partial charge in [-0.1, -0.05) is 24.6 Å². The molecular formula is C11H13NOSi. The van der Waals surface area contributed by atoms with E-state index < -0.39 is 9.04 Å². The lowest BCUT2D eigenvalue weighted by atomic mass is 10.2. The number of hydrogen-bond acceptors (Lipinski definition) is 2. The maximum atomic E-state index is 8.97. The molecule has 2 rings (SSSR count). The van der Waals surface area contributed by atoms with E-state index in [9.17, 15) is 0 Å². The number of rotatable bonds is 1. The van der Waals surface area contributed by atoms with Crippen LogP contribution in [0.1, 0.15) is 18.4 Å². The van der Waals surface area contributed by atoms with Crippen LogP contribution in [0.2, 0.25) is 6.04 Å². The maximum Gasteiger partial charge on any atom is 0.209 e. The van der Waals surface area contributed by atoms with E-state index >= 15 is 0 Å². The van der Waals surface area contributed by atoms with Crippen molar-refractivity contribution < 1.29 is 4.43 Å². The van der Waals surface area contributed by atoms with Crippen LogP contribution < -0.4 is 5.19 Å². The molecule has 72 valence electrons. The summed E-state index contributed by atoms with van der Waals surface area (Å²) in [6.07, 6.45) is 2.44. The predicted octanol–water partition coefficient (Wildman–Crippen LogP) is 1.30. The summed E-state index contributed by atoms with van der Waals surface area (Å²) in [7, 11) is -1.26. The summed E-state index contributed by atoms with van der Waals surface area (Å²) in [5.41, 5.74) is 0.811. The molecule has 1 saturated heterocycles. The number of hydrogen-bond donors (Lipinski definition) is 0. The molecule has 1 aromatic carbocycles. The fourth-order valence-corrected chi connectivity index (χ4v) is 4.47. The van der Waals surface area contributed by atoms with E-state index in [4.69, 9.17) is 9.69 Å². The van der Waals surface area contributed by atoms with Gasteiger partial charge in [0.1, 0.15) is 0 Å². The Morgan fingerprint density at radius 1 is 1.29 bits per heavy atom. The molecule has 1 aliphatic heterocycles. The minimum absolute atomic E-state index is 0.811. The second-order valence-electron chi connectivity index (χ2n) is 3.55. The summed E-state index contributed by atoms with van der Waals surface area (Å²) in [5, 5.41) is 10.2. The minimum Gasteiger partial charge on any atom is -0.415 e. The zero-order valence-electron chi connectivity index (χ0n) is 8.07. The van der Waals surface area contributed by atoms with E-state index in [0.29, 0.717) is 0 Å². The number of nitriles is 1. The van der Waals surface area contributed by atoms with Crippen molar-refractivity contribution in [2.75, 3.05) is 6.61 Å². The molecule has 1 aliphatic rings. The maximum absolute atomic E-state index is 8.97. The largest absolute Gasteiger partial charge is 0.415 e. The van der Waals surface area contributed by atoms with Crippen LogP contribution in [0.5, 0.6) is 0 Å². The lowest BCUT2D eigenvalue weighted by Gasteiger charge is -2.21. The Morgan fingerprint density at radius 3 is 2.86 bits per heavy atom. The molecule has 1 aromatic rings. The zero-order chi connectivity index (χ0) is 9.80. The standard InChI is InChI=1S/C11H13NOSi/c12-9-10-5-1-2-6-11(10)14-8-4-3-7-13-14/h1-2,5-6,14H,3-4,7-8H2. The van der Waals surface area contributed by atoms with Crippen LogP contribution in [0.4, 0.5) is 0 Å². The third-order valence-electron chi connectivity index (χ3n) is 2.61.